The van der Waals surface area contributed by atoms with Gasteiger partial charge in [0.2, 0.25) is 0 Å². The summed E-state index contributed by atoms with van der Waals surface area (Å²) in [7, 11) is 0. The number of hydrogen-bond acceptors (Lipinski definition) is 3. The SMILES string of the molecule is CC(C)C1CCC(NC(=O)C2CNCCO2)CC1.Cl. The summed E-state index contributed by atoms with van der Waals surface area (Å²) in [6, 6.07) is 0.359. The largest absolute Gasteiger partial charge is 0.366 e. The van der Waals surface area contributed by atoms with E-state index in [9.17, 15) is 4.79 Å². The van der Waals surface area contributed by atoms with Crippen LogP contribution in [0.2, 0.25) is 0 Å². The van der Waals surface area contributed by atoms with E-state index in [0.29, 0.717) is 19.2 Å². The summed E-state index contributed by atoms with van der Waals surface area (Å²) in [6.07, 6.45) is 4.43. The molecule has 1 saturated heterocycles. The second kappa shape index (κ2) is 8.08. The lowest BCUT2D eigenvalue weighted by Gasteiger charge is -2.32. The predicted molar refractivity (Wildman–Crippen MR) is 78.6 cm³/mol. The molecule has 0 bridgehead atoms. The minimum atomic E-state index is -0.290. The van der Waals surface area contributed by atoms with Gasteiger partial charge in [0.05, 0.1) is 6.61 Å². The van der Waals surface area contributed by atoms with E-state index in [-0.39, 0.29) is 24.4 Å². The number of nitrogens with one attached hydrogen (secondary N) is 2. The maximum absolute atomic E-state index is 12.0. The molecule has 4 nitrogen and oxygen atoms in total. The lowest BCUT2D eigenvalue weighted by atomic mass is 9.79. The van der Waals surface area contributed by atoms with Crippen LogP contribution in [0.3, 0.4) is 0 Å². The van der Waals surface area contributed by atoms with Gasteiger partial charge in [0.1, 0.15) is 6.10 Å². The van der Waals surface area contributed by atoms with Gasteiger partial charge in [-0.05, 0) is 37.5 Å². The molecule has 0 radical (unpaired) electrons. The zero-order chi connectivity index (χ0) is 13.0. The molecule has 1 amide bonds. The number of hydrogen-bond donors (Lipinski definition) is 2. The number of amides is 1. The molecule has 0 aromatic carbocycles. The number of rotatable bonds is 3. The van der Waals surface area contributed by atoms with Crippen molar-refractivity contribution < 1.29 is 9.53 Å². The van der Waals surface area contributed by atoms with Crippen LogP contribution >= 0.6 is 12.4 Å². The van der Waals surface area contributed by atoms with E-state index in [1.807, 2.05) is 0 Å². The summed E-state index contributed by atoms with van der Waals surface area (Å²) < 4.78 is 5.47. The van der Waals surface area contributed by atoms with Gasteiger partial charge in [0.25, 0.3) is 5.91 Å². The molecule has 1 aliphatic carbocycles. The van der Waals surface area contributed by atoms with Gasteiger partial charge in [-0.3, -0.25) is 4.79 Å². The molecule has 0 spiro atoms. The molecule has 2 N–H and O–H groups in total. The van der Waals surface area contributed by atoms with Crippen molar-refractivity contribution in [3.63, 3.8) is 0 Å². The topological polar surface area (TPSA) is 50.4 Å². The maximum atomic E-state index is 12.0. The van der Waals surface area contributed by atoms with Crippen molar-refractivity contribution in [3.8, 4) is 0 Å². The highest BCUT2D eigenvalue weighted by molar-refractivity contribution is 5.85. The lowest BCUT2D eigenvalue weighted by molar-refractivity contribution is -0.135. The summed E-state index contributed by atoms with van der Waals surface area (Å²) in [4.78, 5) is 12.0. The van der Waals surface area contributed by atoms with Crippen molar-refractivity contribution in [1.29, 1.82) is 0 Å². The Morgan fingerprint density at radius 2 is 1.95 bits per heavy atom. The molecule has 2 aliphatic rings. The van der Waals surface area contributed by atoms with Crippen LogP contribution in [-0.2, 0) is 9.53 Å². The van der Waals surface area contributed by atoms with Gasteiger partial charge in [-0.15, -0.1) is 12.4 Å². The lowest BCUT2D eigenvalue weighted by Crippen LogP contribution is -2.50. The second-order valence-corrected chi connectivity index (χ2v) is 5.93. The normalized spacial score (nSPS) is 31.6. The molecule has 2 fully saturated rings. The fourth-order valence-corrected chi connectivity index (χ4v) is 2.96. The Hall–Kier alpha value is -0.320. The first-order valence-electron chi connectivity index (χ1n) is 7.29. The smallest absolute Gasteiger partial charge is 0.250 e. The van der Waals surface area contributed by atoms with Gasteiger partial charge in [0, 0.05) is 19.1 Å². The van der Waals surface area contributed by atoms with Gasteiger partial charge >= 0.3 is 0 Å². The minimum Gasteiger partial charge on any atom is -0.366 e. The zero-order valence-electron chi connectivity index (χ0n) is 12.0. The van der Waals surface area contributed by atoms with Crippen LogP contribution in [0.4, 0.5) is 0 Å². The van der Waals surface area contributed by atoms with Crippen molar-refractivity contribution in [3.05, 3.63) is 0 Å². The Morgan fingerprint density at radius 3 is 2.47 bits per heavy atom. The van der Waals surface area contributed by atoms with Crippen molar-refractivity contribution in [2.45, 2.75) is 51.7 Å². The van der Waals surface area contributed by atoms with Crippen LogP contribution in [0, 0.1) is 11.8 Å². The molecular weight excluding hydrogens is 264 g/mol. The molecule has 1 saturated carbocycles. The number of morpholine rings is 1. The average Bonchev–Trinajstić information content (AvgIpc) is 2.40. The zero-order valence-corrected chi connectivity index (χ0v) is 12.8. The fraction of sp³-hybridized carbons (Fsp3) is 0.929. The molecule has 112 valence electrons. The number of ether oxygens (including phenoxy) is 1. The second-order valence-electron chi connectivity index (χ2n) is 5.93. The first-order valence-corrected chi connectivity index (χ1v) is 7.29. The molecule has 1 heterocycles. The molecule has 5 heteroatoms. The molecule has 2 rings (SSSR count). The van der Waals surface area contributed by atoms with Crippen molar-refractivity contribution >= 4 is 18.3 Å². The maximum Gasteiger partial charge on any atom is 0.250 e. The average molecular weight is 291 g/mol. The summed E-state index contributed by atoms with van der Waals surface area (Å²) in [5, 5.41) is 6.33. The number of carbonyl (C=O) groups is 1. The van der Waals surface area contributed by atoms with Crippen LogP contribution in [0.5, 0.6) is 0 Å². The van der Waals surface area contributed by atoms with Gasteiger partial charge in [0.15, 0.2) is 0 Å². The predicted octanol–water partition coefficient (Wildman–Crippen LogP) is 1.73. The fourth-order valence-electron chi connectivity index (χ4n) is 2.96. The molecule has 0 aromatic heterocycles. The molecule has 19 heavy (non-hydrogen) atoms. The van der Waals surface area contributed by atoms with Crippen LogP contribution in [0.25, 0.3) is 0 Å². The molecule has 1 atom stereocenters. The van der Waals surface area contributed by atoms with Crippen molar-refractivity contribution in [2.24, 2.45) is 11.8 Å². The van der Waals surface area contributed by atoms with Crippen molar-refractivity contribution in [1.82, 2.24) is 10.6 Å². The van der Waals surface area contributed by atoms with E-state index in [1.54, 1.807) is 0 Å². The van der Waals surface area contributed by atoms with E-state index in [0.717, 1.165) is 31.2 Å². The Bertz CT molecular complexity index is 273. The summed E-state index contributed by atoms with van der Waals surface area (Å²) in [5.74, 6) is 1.67. The van der Waals surface area contributed by atoms with E-state index < -0.39 is 0 Å². The number of carbonyl (C=O) groups excluding carboxylic acids is 1. The highest BCUT2D eigenvalue weighted by Gasteiger charge is 2.27. The van der Waals surface area contributed by atoms with Crippen LogP contribution in [0.15, 0.2) is 0 Å². The van der Waals surface area contributed by atoms with Gasteiger partial charge in [-0.25, -0.2) is 0 Å². The minimum absolute atomic E-state index is 0. The Kier molecular flexibility index (Phi) is 7.11. The third kappa shape index (κ3) is 4.93. The molecule has 0 aromatic rings. The summed E-state index contributed by atoms with van der Waals surface area (Å²) in [6.45, 7) is 6.73. The molecule has 1 unspecified atom stereocenters. The Balaban J connectivity index is 0.00000180. The first-order chi connectivity index (χ1) is 8.66. The first kappa shape index (κ1) is 16.7. The Labute approximate surface area is 122 Å². The van der Waals surface area contributed by atoms with Gasteiger partial charge in [-0.1, -0.05) is 13.8 Å². The standard InChI is InChI=1S/C14H26N2O2.ClH/c1-10(2)11-3-5-12(6-4-11)16-14(17)13-9-15-7-8-18-13;/h10-13,15H,3-9H2,1-2H3,(H,16,17);1H. The summed E-state index contributed by atoms with van der Waals surface area (Å²) >= 11 is 0. The van der Waals surface area contributed by atoms with Crippen LogP contribution < -0.4 is 10.6 Å². The molecular formula is C14H27ClN2O2. The third-order valence-corrected chi connectivity index (χ3v) is 4.28. The number of halogens is 1. The third-order valence-electron chi connectivity index (χ3n) is 4.28. The summed E-state index contributed by atoms with van der Waals surface area (Å²) in [5.41, 5.74) is 0. The van der Waals surface area contributed by atoms with Crippen LogP contribution in [-0.4, -0.2) is 37.7 Å². The quantitative estimate of drug-likeness (QED) is 0.832. The highest BCUT2D eigenvalue weighted by Crippen LogP contribution is 2.29. The van der Waals surface area contributed by atoms with E-state index in [4.69, 9.17) is 4.74 Å². The van der Waals surface area contributed by atoms with Crippen LogP contribution in [0.1, 0.15) is 39.5 Å². The van der Waals surface area contributed by atoms with E-state index in [2.05, 4.69) is 24.5 Å². The van der Waals surface area contributed by atoms with Gasteiger partial charge < -0.3 is 15.4 Å². The van der Waals surface area contributed by atoms with E-state index >= 15 is 0 Å². The molecule has 1 aliphatic heterocycles. The Morgan fingerprint density at radius 1 is 1.26 bits per heavy atom. The van der Waals surface area contributed by atoms with Crippen molar-refractivity contribution in [2.75, 3.05) is 19.7 Å². The highest BCUT2D eigenvalue weighted by atomic mass is 35.5. The van der Waals surface area contributed by atoms with E-state index in [1.165, 1.54) is 12.8 Å². The monoisotopic (exact) mass is 290 g/mol. The van der Waals surface area contributed by atoms with Gasteiger partial charge in [-0.2, -0.15) is 0 Å².